The van der Waals surface area contributed by atoms with Gasteiger partial charge >= 0.3 is 5.97 Å². The highest BCUT2D eigenvalue weighted by Gasteiger charge is 2.31. The molecule has 186 valence electrons. The number of rotatable bonds is 12. The summed E-state index contributed by atoms with van der Waals surface area (Å²) < 4.78 is 0. The molecular formula is C23H33N5O5S. The number of carboxylic acids is 1. The van der Waals surface area contributed by atoms with Gasteiger partial charge in [-0.3, -0.25) is 14.4 Å². The molecule has 0 radical (unpaired) electrons. The van der Waals surface area contributed by atoms with E-state index in [4.69, 9.17) is 10.8 Å². The molecule has 5 unspecified atom stereocenters. The van der Waals surface area contributed by atoms with Gasteiger partial charge < -0.3 is 31.8 Å². The number of fused-ring (bicyclic) bond motifs is 1. The third-order valence-corrected chi connectivity index (χ3v) is 6.16. The van der Waals surface area contributed by atoms with Crippen molar-refractivity contribution in [3.05, 3.63) is 36.0 Å². The SMILES string of the molecule is CCC(C)C(NC(=O)C(N)Cc1c[nH]c2ccccc12)C(=O)NC(C)C(=O)NC(CS)C(=O)O. The molecule has 11 heteroatoms. The monoisotopic (exact) mass is 491 g/mol. The quantitative estimate of drug-likeness (QED) is 0.214. The Hall–Kier alpha value is -3.05. The molecule has 34 heavy (non-hydrogen) atoms. The Balaban J connectivity index is 2.03. The molecule has 0 aliphatic rings. The minimum absolute atomic E-state index is 0.0956. The van der Waals surface area contributed by atoms with Crippen LogP contribution in [0.3, 0.4) is 0 Å². The summed E-state index contributed by atoms with van der Waals surface area (Å²) in [6, 6.07) is 3.69. The van der Waals surface area contributed by atoms with Crippen molar-refractivity contribution in [1.29, 1.82) is 0 Å². The molecule has 0 aliphatic heterocycles. The number of para-hydroxylation sites is 1. The van der Waals surface area contributed by atoms with Crippen LogP contribution in [0.2, 0.25) is 0 Å². The van der Waals surface area contributed by atoms with E-state index in [-0.39, 0.29) is 18.1 Å². The maximum atomic E-state index is 12.9. The zero-order valence-electron chi connectivity index (χ0n) is 19.5. The number of benzene rings is 1. The van der Waals surface area contributed by atoms with Gasteiger partial charge in [-0.25, -0.2) is 4.79 Å². The van der Waals surface area contributed by atoms with Gasteiger partial charge in [0.05, 0.1) is 6.04 Å². The Morgan fingerprint density at radius 2 is 1.74 bits per heavy atom. The summed E-state index contributed by atoms with van der Waals surface area (Å²) in [7, 11) is 0. The molecule has 2 aromatic rings. The molecule has 7 N–H and O–H groups in total. The maximum Gasteiger partial charge on any atom is 0.327 e. The second-order valence-corrected chi connectivity index (χ2v) is 8.72. The first kappa shape index (κ1) is 27.2. The summed E-state index contributed by atoms with van der Waals surface area (Å²) in [6.45, 7) is 5.12. The van der Waals surface area contributed by atoms with Gasteiger partial charge in [0, 0.05) is 22.9 Å². The Morgan fingerprint density at radius 1 is 1.06 bits per heavy atom. The van der Waals surface area contributed by atoms with Crippen molar-refractivity contribution in [2.45, 2.75) is 57.8 Å². The van der Waals surface area contributed by atoms with E-state index in [0.717, 1.165) is 16.5 Å². The molecule has 1 heterocycles. The first-order chi connectivity index (χ1) is 16.1. The molecule has 3 amide bonds. The predicted octanol–water partition coefficient (Wildman–Crippen LogP) is 0.573. The summed E-state index contributed by atoms with van der Waals surface area (Å²) in [5.41, 5.74) is 7.99. The van der Waals surface area contributed by atoms with Gasteiger partial charge in [0.2, 0.25) is 17.7 Å². The van der Waals surface area contributed by atoms with Gasteiger partial charge in [-0.05, 0) is 30.9 Å². The minimum atomic E-state index is -1.23. The van der Waals surface area contributed by atoms with E-state index in [1.54, 1.807) is 0 Å². The Morgan fingerprint density at radius 3 is 2.35 bits per heavy atom. The van der Waals surface area contributed by atoms with E-state index in [0.29, 0.717) is 6.42 Å². The molecule has 0 spiro atoms. The summed E-state index contributed by atoms with van der Waals surface area (Å²) in [6.07, 6.45) is 2.69. The summed E-state index contributed by atoms with van der Waals surface area (Å²) in [5, 5.41) is 17.6. The maximum absolute atomic E-state index is 12.9. The zero-order chi connectivity index (χ0) is 25.4. The van der Waals surface area contributed by atoms with E-state index in [9.17, 15) is 19.2 Å². The third-order valence-electron chi connectivity index (χ3n) is 5.79. The van der Waals surface area contributed by atoms with E-state index in [1.807, 2.05) is 44.3 Å². The van der Waals surface area contributed by atoms with Gasteiger partial charge in [-0.15, -0.1) is 0 Å². The van der Waals surface area contributed by atoms with Gasteiger partial charge in [-0.1, -0.05) is 38.5 Å². The lowest BCUT2D eigenvalue weighted by Gasteiger charge is -2.26. The largest absolute Gasteiger partial charge is 0.480 e. The van der Waals surface area contributed by atoms with Gasteiger partial charge in [0.1, 0.15) is 18.1 Å². The Bertz CT molecular complexity index is 1030. The summed E-state index contributed by atoms with van der Waals surface area (Å²) in [5.74, 6) is -3.26. The number of aromatic nitrogens is 1. The molecule has 0 fully saturated rings. The number of aromatic amines is 1. The number of carbonyl (C=O) groups is 4. The fourth-order valence-corrected chi connectivity index (χ4v) is 3.69. The smallest absolute Gasteiger partial charge is 0.327 e. The number of amides is 3. The van der Waals surface area contributed by atoms with Crippen molar-refractivity contribution in [1.82, 2.24) is 20.9 Å². The van der Waals surface area contributed by atoms with Crippen molar-refractivity contribution in [2.75, 3.05) is 5.75 Å². The highest BCUT2D eigenvalue weighted by Crippen LogP contribution is 2.19. The molecule has 2 rings (SSSR count). The number of hydrogen-bond donors (Lipinski definition) is 7. The number of nitrogens with two attached hydrogens (primary N) is 1. The van der Waals surface area contributed by atoms with Crippen LogP contribution < -0.4 is 21.7 Å². The van der Waals surface area contributed by atoms with Gasteiger partial charge in [-0.2, -0.15) is 12.6 Å². The average Bonchev–Trinajstić information content (AvgIpc) is 3.22. The third kappa shape index (κ3) is 6.97. The second kappa shape index (κ2) is 12.4. The summed E-state index contributed by atoms with van der Waals surface area (Å²) >= 11 is 3.90. The van der Waals surface area contributed by atoms with Crippen molar-refractivity contribution in [3.63, 3.8) is 0 Å². The van der Waals surface area contributed by atoms with Crippen molar-refractivity contribution >= 4 is 47.2 Å². The lowest BCUT2D eigenvalue weighted by Crippen LogP contribution is -2.58. The van der Waals surface area contributed by atoms with E-state index in [1.165, 1.54) is 6.92 Å². The van der Waals surface area contributed by atoms with E-state index < -0.39 is 47.9 Å². The molecule has 5 atom stereocenters. The van der Waals surface area contributed by atoms with Crippen molar-refractivity contribution in [2.24, 2.45) is 11.7 Å². The molecule has 0 aliphatic carbocycles. The number of aliphatic carboxylic acids is 1. The molecule has 1 aromatic carbocycles. The minimum Gasteiger partial charge on any atom is -0.480 e. The first-order valence-corrected chi connectivity index (χ1v) is 11.8. The van der Waals surface area contributed by atoms with Crippen LogP contribution in [-0.2, 0) is 25.6 Å². The van der Waals surface area contributed by atoms with Crippen LogP contribution in [0.25, 0.3) is 10.9 Å². The van der Waals surface area contributed by atoms with E-state index >= 15 is 0 Å². The van der Waals surface area contributed by atoms with Gasteiger partial charge in [0.25, 0.3) is 0 Å². The van der Waals surface area contributed by atoms with Crippen LogP contribution in [0.4, 0.5) is 0 Å². The number of thiol groups is 1. The Labute approximate surface area is 203 Å². The standard InChI is InChI=1S/C23H33N5O5S/c1-4-12(2)19(22(31)26-13(3)20(29)27-18(11-34)23(32)33)28-21(30)16(24)9-14-10-25-17-8-6-5-7-15(14)17/h5-8,10,12-13,16,18-19,25,34H,4,9,11,24H2,1-3H3,(H,26,31)(H,27,29)(H,28,30)(H,32,33). The topological polar surface area (TPSA) is 166 Å². The van der Waals surface area contributed by atoms with Crippen LogP contribution in [0.15, 0.2) is 30.5 Å². The number of hydrogen-bond acceptors (Lipinski definition) is 6. The lowest BCUT2D eigenvalue weighted by atomic mass is 9.97. The number of nitrogens with one attached hydrogen (secondary N) is 4. The van der Waals surface area contributed by atoms with E-state index in [2.05, 4.69) is 33.6 Å². The van der Waals surface area contributed by atoms with Crippen LogP contribution in [0.1, 0.15) is 32.8 Å². The second-order valence-electron chi connectivity index (χ2n) is 8.35. The highest BCUT2D eigenvalue weighted by molar-refractivity contribution is 7.80. The highest BCUT2D eigenvalue weighted by atomic mass is 32.1. The van der Waals surface area contributed by atoms with Crippen LogP contribution in [0.5, 0.6) is 0 Å². The van der Waals surface area contributed by atoms with Crippen molar-refractivity contribution in [3.8, 4) is 0 Å². The number of carbonyl (C=O) groups excluding carboxylic acids is 3. The Kier molecular flexibility index (Phi) is 9.94. The average molecular weight is 492 g/mol. The predicted molar refractivity (Wildman–Crippen MR) is 132 cm³/mol. The molecular weight excluding hydrogens is 458 g/mol. The molecule has 0 bridgehead atoms. The zero-order valence-corrected chi connectivity index (χ0v) is 20.4. The van der Waals surface area contributed by atoms with Crippen molar-refractivity contribution < 1.29 is 24.3 Å². The molecule has 1 aromatic heterocycles. The van der Waals surface area contributed by atoms with Crippen LogP contribution >= 0.6 is 12.6 Å². The normalized spacial score (nSPS) is 15.6. The molecule has 10 nitrogen and oxygen atoms in total. The first-order valence-electron chi connectivity index (χ1n) is 11.1. The fraction of sp³-hybridized carbons (Fsp3) is 0.478. The van der Waals surface area contributed by atoms with Crippen LogP contribution in [0, 0.1) is 5.92 Å². The molecule has 0 saturated heterocycles. The summed E-state index contributed by atoms with van der Waals surface area (Å²) in [4.78, 5) is 52.3. The lowest BCUT2D eigenvalue weighted by molar-refractivity contribution is -0.141. The fourth-order valence-electron chi connectivity index (χ4n) is 3.44. The van der Waals surface area contributed by atoms with Gasteiger partial charge in [0.15, 0.2) is 0 Å². The molecule has 0 saturated carbocycles. The number of carboxylic acid groups (broad SMARTS) is 1. The van der Waals surface area contributed by atoms with Crippen LogP contribution in [-0.4, -0.2) is 63.7 Å². The number of H-pyrrole nitrogens is 1.